The fourth-order valence-electron chi connectivity index (χ4n) is 3.97. The van der Waals surface area contributed by atoms with Crippen molar-refractivity contribution in [3.8, 4) is 5.75 Å². The summed E-state index contributed by atoms with van der Waals surface area (Å²) in [6.45, 7) is -0.958. The first-order valence-corrected chi connectivity index (χ1v) is 11.3. The second kappa shape index (κ2) is 10.5. The third-order valence-corrected chi connectivity index (χ3v) is 5.96. The summed E-state index contributed by atoms with van der Waals surface area (Å²) in [5.74, 6) is 1.44. The van der Waals surface area contributed by atoms with E-state index in [0.717, 1.165) is 28.9 Å². The van der Waals surface area contributed by atoms with Crippen LogP contribution in [0.15, 0.2) is 48.7 Å². The lowest BCUT2D eigenvalue weighted by Crippen LogP contribution is -2.37. The molecule has 180 valence electrons. The Labute approximate surface area is 200 Å². The molecule has 1 aliphatic carbocycles. The van der Waals surface area contributed by atoms with Crippen LogP contribution in [-0.2, 0) is 12.8 Å². The van der Waals surface area contributed by atoms with Crippen LogP contribution in [0, 0.1) is 0 Å². The molecular weight excluding hydrogens is 467 g/mol. The van der Waals surface area contributed by atoms with E-state index in [4.69, 9.17) is 16.3 Å². The fraction of sp³-hybridized carbons (Fsp3) is 0.333. The van der Waals surface area contributed by atoms with Crippen LogP contribution in [0.1, 0.15) is 24.0 Å². The van der Waals surface area contributed by atoms with Crippen molar-refractivity contribution < 1.29 is 17.9 Å². The number of alkyl halides is 3. The number of anilines is 4. The van der Waals surface area contributed by atoms with Gasteiger partial charge in [-0.05, 0) is 61.1 Å². The lowest BCUT2D eigenvalue weighted by molar-refractivity contribution is -0.126. The third kappa shape index (κ3) is 6.30. The van der Waals surface area contributed by atoms with Crippen molar-refractivity contribution in [2.24, 2.45) is 0 Å². The average molecular weight is 492 g/mol. The number of ether oxygens (including phenoxy) is 1. The van der Waals surface area contributed by atoms with Gasteiger partial charge in [-0.3, -0.25) is 0 Å². The van der Waals surface area contributed by atoms with Crippen LogP contribution >= 0.6 is 11.6 Å². The van der Waals surface area contributed by atoms with Gasteiger partial charge in [0.15, 0.2) is 5.82 Å². The van der Waals surface area contributed by atoms with E-state index in [-0.39, 0.29) is 6.04 Å². The molecule has 6 nitrogen and oxygen atoms in total. The van der Waals surface area contributed by atoms with Crippen molar-refractivity contribution >= 4 is 34.7 Å². The van der Waals surface area contributed by atoms with Gasteiger partial charge in [-0.15, -0.1) is 0 Å². The Morgan fingerprint density at radius 2 is 1.82 bits per heavy atom. The number of hydrogen-bond donors (Lipinski definition) is 3. The standard InChI is InChI=1S/C24H25ClF3N5O/c1-34-21-5-3-2-4-20(21)32-22-19(25)13-29-23(33-22)31-18-11-7-15-6-9-17(10-8-16(15)12-18)30-14-24(26,27)28/h2-5,7,11-13,17,30H,6,8-10,14H2,1H3,(H2,29,31,32,33). The number of aryl methyl sites for hydroxylation is 2. The van der Waals surface area contributed by atoms with Crippen molar-refractivity contribution in [1.82, 2.24) is 15.3 Å². The first-order chi connectivity index (χ1) is 16.3. The first-order valence-electron chi connectivity index (χ1n) is 10.9. The van der Waals surface area contributed by atoms with E-state index in [0.29, 0.717) is 41.8 Å². The number of nitrogens with one attached hydrogen (secondary N) is 3. The molecule has 0 bridgehead atoms. The summed E-state index contributed by atoms with van der Waals surface area (Å²) in [4.78, 5) is 8.76. The number of aromatic nitrogens is 2. The summed E-state index contributed by atoms with van der Waals surface area (Å²) < 4.78 is 43.0. The Morgan fingerprint density at radius 3 is 2.59 bits per heavy atom. The zero-order valence-electron chi connectivity index (χ0n) is 18.5. The van der Waals surface area contributed by atoms with Gasteiger partial charge in [0, 0.05) is 11.7 Å². The molecule has 0 amide bonds. The molecule has 0 saturated heterocycles. The highest BCUT2D eigenvalue weighted by Crippen LogP contribution is 2.31. The van der Waals surface area contributed by atoms with Crippen molar-refractivity contribution in [3.63, 3.8) is 0 Å². The Kier molecular flexibility index (Phi) is 7.43. The topological polar surface area (TPSA) is 71.1 Å². The second-order valence-corrected chi connectivity index (χ2v) is 8.50. The Balaban J connectivity index is 1.45. The molecule has 1 unspecified atom stereocenters. The Hall–Kier alpha value is -3.04. The molecule has 1 heterocycles. The van der Waals surface area contributed by atoms with E-state index in [1.54, 1.807) is 7.11 Å². The molecule has 0 spiro atoms. The van der Waals surface area contributed by atoms with E-state index >= 15 is 0 Å². The average Bonchev–Trinajstić information content (AvgIpc) is 3.02. The van der Waals surface area contributed by atoms with Crippen molar-refractivity contribution in [1.29, 1.82) is 0 Å². The number of para-hydroxylation sites is 2. The van der Waals surface area contributed by atoms with Crippen molar-refractivity contribution in [3.05, 3.63) is 64.8 Å². The monoisotopic (exact) mass is 491 g/mol. The Bertz CT molecular complexity index is 1140. The van der Waals surface area contributed by atoms with Gasteiger partial charge in [0.05, 0.1) is 25.5 Å². The SMILES string of the molecule is COc1ccccc1Nc1nc(Nc2ccc3c(c2)CCC(NCC(F)(F)F)CC3)ncc1Cl. The molecule has 34 heavy (non-hydrogen) atoms. The maximum absolute atomic E-state index is 12.5. The van der Waals surface area contributed by atoms with E-state index in [1.807, 2.05) is 42.5 Å². The minimum absolute atomic E-state index is 0.159. The van der Waals surface area contributed by atoms with Gasteiger partial charge < -0.3 is 20.7 Å². The largest absolute Gasteiger partial charge is 0.495 e. The molecule has 3 N–H and O–H groups in total. The van der Waals surface area contributed by atoms with E-state index < -0.39 is 12.7 Å². The minimum Gasteiger partial charge on any atom is -0.495 e. The number of hydrogen-bond acceptors (Lipinski definition) is 6. The number of benzene rings is 2. The van der Waals surface area contributed by atoms with Crippen molar-refractivity contribution in [2.75, 3.05) is 24.3 Å². The molecule has 4 rings (SSSR count). The zero-order chi connectivity index (χ0) is 24.1. The van der Waals surface area contributed by atoms with Crippen LogP contribution in [0.25, 0.3) is 0 Å². The molecule has 1 aromatic heterocycles. The van der Waals surface area contributed by atoms with Crippen LogP contribution < -0.4 is 20.7 Å². The number of halogens is 4. The van der Waals surface area contributed by atoms with Gasteiger partial charge in [-0.25, -0.2) is 4.98 Å². The molecule has 10 heteroatoms. The van der Waals surface area contributed by atoms with Gasteiger partial charge in [-0.1, -0.05) is 29.8 Å². The number of rotatable bonds is 7. The fourth-order valence-corrected chi connectivity index (χ4v) is 4.11. The number of fused-ring (bicyclic) bond motifs is 1. The van der Waals surface area contributed by atoms with Crippen LogP contribution in [0.4, 0.5) is 36.3 Å². The third-order valence-electron chi connectivity index (χ3n) is 5.68. The van der Waals surface area contributed by atoms with Crippen molar-refractivity contribution in [2.45, 2.75) is 37.9 Å². The number of methoxy groups -OCH3 is 1. The quantitative estimate of drug-likeness (QED) is 0.351. The summed E-state index contributed by atoms with van der Waals surface area (Å²) in [6.07, 6.45) is 0.0618. The summed E-state index contributed by atoms with van der Waals surface area (Å²) in [6, 6.07) is 13.2. The van der Waals surface area contributed by atoms with Crippen LogP contribution in [0.5, 0.6) is 5.75 Å². The smallest absolute Gasteiger partial charge is 0.401 e. The molecule has 0 radical (unpaired) electrons. The van der Waals surface area contributed by atoms with E-state index in [1.165, 1.54) is 6.20 Å². The summed E-state index contributed by atoms with van der Waals surface area (Å²) in [5, 5.41) is 9.36. The van der Waals surface area contributed by atoms with Gasteiger partial charge in [-0.2, -0.15) is 18.2 Å². The van der Waals surface area contributed by atoms with Gasteiger partial charge in [0.1, 0.15) is 10.8 Å². The highest BCUT2D eigenvalue weighted by molar-refractivity contribution is 6.32. The normalized spacial score (nSPS) is 15.9. The van der Waals surface area contributed by atoms with E-state index in [9.17, 15) is 13.2 Å². The predicted octanol–water partition coefficient (Wildman–Crippen LogP) is 6.03. The lowest BCUT2D eigenvalue weighted by Gasteiger charge is -2.17. The minimum atomic E-state index is -4.20. The maximum atomic E-state index is 12.5. The lowest BCUT2D eigenvalue weighted by atomic mass is 10.0. The maximum Gasteiger partial charge on any atom is 0.401 e. The molecular formula is C24H25ClF3N5O. The first kappa shape index (κ1) is 24.1. The van der Waals surface area contributed by atoms with Crippen LogP contribution in [0.2, 0.25) is 5.02 Å². The zero-order valence-corrected chi connectivity index (χ0v) is 19.3. The van der Waals surface area contributed by atoms with Gasteiger partial charge in [0.25, 0.3) is 0 Å². The summed E-state index contributed by atoms with van der Waals surface area (Å²) in [5.41, 5.74) is 3.78. The van der Waals surface area contributed by atoms with Gasteiger partial charge >= 0.3 is 6.18 Å². The van der Waals surface area contributed by atoms with Crippen LogP contribution in [-0.4, -0.2) is 35.8 Å². The molecule has 2 aromatic carbocycles. The van der Waals surface area contributed by atoms with Gasteiger partial charge in [0.2, 0.25) is 5.95 Å². The number of nitrogens with zero attached hydrogens (tertiary/aromatic N) is 2. The van der Waals surface area contributed by atoms with E-state index in [2.05, 4.69) is 25.9 Å². The molecule has 0 saturated carbocycles. The second-order valence-electron chi connectivity index (χ2n) is 8.09. The Morgan fingerprint density at radius 1 is 1.06 bits per heavy atom. The molecule has 0 aliphatic heterocycles. The summed E-state index contributed by atoms with van der Waals surface area (Å²) in [7, 11) is 1.59. The highest BCUT2D eigenvalue weighted by atomic mass is 35.5. The summed E-state index contributed by atoms with van der Waals surface area (Å²) >= 11 is 6.29. The van der Waals surface area contributed by atoms with Crippen LogP contribution in [0.3, 0.4) is 0 Å². The highest BCUT2D eigenvalue weighted by Gasteiger charge is 2.28. The molecule has 3 aromatic rings. The molecule has 0 fully saturated rings. The molecule has 1 aliphatic rings. The molecule has 1 atom stereocenters. The predicted molar refractivity (Wildman–Crippen MR) is 128 cm³/mol.